The number of hydrogen-bond donors (Lipinski definition) is 0. The highest BCUT2D eigenvalue weighted by molar-refractivity contribution is 4.86. The summed E-state index contributed by atoms with van der Waals surface area (Å²) in [4.78, 5) is 0. The number of epoxide rings is 1. The Hall–Kier alpha value is -0.0800. The predicted molar refractivity (Wildman–Crippen MR) is 107 cm³/mol. The Kier molecular flexibility index (Phi) is 6.97. The third kappa shape index (κ3) is 5.25. The second-order valence-electron chi connectivity index (χ2n) is 10.1. The van der Waals surface area contributed by atoms with Crippen LogP contribution < -0.4 is 0 Å². The van der Waals surface area contributed by atoms with Crippen LogP contribution in [0.3, 0.4) is 0 Å². The highest BCUT2D eigenvalue weighted by Crippen LogP contribution is 2.41. The molecule has 150 valence electrons. The molecule has 0 bridgehead atoms. The van der Waals surface area contributed by atoms with Crippen molar-refractivity contribution in [2.75, 3.05) is 13.2 Å². The van der Waals surface area contributed by atoms with E-state index in [1.807, 2.05) is 0 Å². The first-order valence-electron chi connectivity index (χ1n) is 12.0. The van der Waals surface area contributed by atoms with Crippen molar-refractivity contribution in [2.24, 2.45) is 29.6 Å². The summed E-state index contributed by atoms with van der Waals surface area (Å²) in [5.41, 5.74) is 0. The van der Waals surface area contributed by atoms with E-state index in [0.717, 1.165) is 36.9 Å². The van der Waals surface area contributed by atoms with Crippen molar-refractivity contribution in [2.45, 2.75) is 109 Å². The summed E-state index contributed by atoms with van der Waals surface area (Å²) >= 11 is 0. The molecule has 0 spiro atoms. The second kappa shape index (κ2) is 9.41. The molecular formula is C24H42O2. The van der Waals surface area contributed by atoms with Crippen molar-refractivity contribution in [3.8, 4) is 0 Å². The summed E-state index contributed by atoms with van der Waals surface area (Å²) in [7, 11) is 0. The van der Waals surface area contributed by atoms with Gasteiger partial charge in [-0.1, -0.05) is 71.1 Å². The Morgan fingerprint density at radius 3 is 1.54 bits per heavy atom. The van der Waals surface area contributed by atoms with Gasteiger partial charge in [0.25, 0.3) is 0 Å². The van der Waals surface area contributed by atoms with E-state index >= 15 is 0 Å². The predicted octanol–water partition coefficient (Wildman–Crippen LogP) is 6.37. The maximum Gasteiger partial charge on any atom is 0.0860 e. The molecule has 4 fully saturated rings. The Morgan fingerprint density at radius 2 is 1.04 bits per heavy atom. The average Bonchev–Trinajstić information content (AvgIpc) is 3.54. The lowest BCUT2D eigenvalue weighted by Gasteiger charge is -2.38. The Morgan fingerprint density at radius 1 is 0.538 bits per heavy atom. The van der Waals surface area contributed by atoms with Gasteiger partial charge in [0.05, 0.1) is 25.4 Å². The molecule has 2 heterocycles. The number of hydrogen-bond acceptors (Lipinski definition) is 2. The van der Waals surface area contributed by atoms with Crippen LogP contribution >= 0.6 is 0 Å². The van der Waals surface area contributed by atoms with E-state index in [-0.39, 0.29) is 0 Å². The lowest BCUT2D eigenvalue weighted by Crippen LogP contribution is -2.35. The van der Waals surface area contributed by atoms with Crippen LogP contribution in [0.2, 0.25) is 0 Å². The fourth-order valence-electron chi connectivity index (χ4n) is 6.32. The Labute approximate surface area is 161 Å². The summed E-state index contributed by atoms with van der Waals surface area (Å²) in [6.45, 7) is 4.31. The van der Waals surface area contributed by atoms with Crippen LogP contribution in [0.25, 0.3) is 0 Å². The summed E-state index contributed by atoms with van der Waals surface area (Å²) in [5.74, 6) is 4.71. The minimum atomic E-state index is 0.545. The van der Waals surface area contributed by atoms with Crippen LogP contribution in [-0.4, -0.2) is 25.4 Å². The van der Waals surface area contributed by atoms with E-state index in [1.54, 1.807) is 0 Å². The zero-order valence-electron chi connectivity index (χ0n) is 17.2. The lowest BCUT2D eigenvalue weighted by molar-refractivity contribution is -0.0627. The standard InChI is InChI=1S/C24H42O2/c1-2-3-18-4-6-19(7-5-18)8-9-20-10-12-21(13-11-20)23-15-14-22(16-25-23)24-17-26-24/h18-24H,2-17H2,1H3. The van der Waals surface area contributed by atoms with Gasteiger partial charge in [-0.2, -0.15) is 0 Å². The van der Waals surface area contributed by atoms with E-state index in [0.29, 0.717) is 18.1 Å². The van der Waals surface area contributed by atoms with Crippen molar-refractivity contribution < 1.29 is 9.47 Å². The molecule has 2 nitrogen and oxygen atoms in total. The smallest absolute Gasteiger partial charge is 0.0860 e. The molecule has 3 atom stereocenters. The lowest BCUT2D eigenvalue weighted by atomic mass is 9.73. The van der Waals surface area contributed by atoms with Crippen LogP contribution in [0, 0.1) is 29.6 Å². The molecule has 2 saturated heterocycles. The van der Waals surface area contributed by atoms with Gasteiger partial charge in [-0.05, 0) is 49.4 Å². The van der Waals surface area contributed by atoms with Crippen LogP contribution in [-0.2, 0) is 9.47 Å². The summed E-state index contributed by atoms with van der Waals surface area (Å²) in [6, 6.07) is 0. The monoisotopic (exact) mass is 362 g/mol. The van der Waals surface area contributed by atoms with Gasteiger partial charge in [0.15, 0.2) is 0 Å². The molecule has 0 aromatic rings. The van der Waals surface area contributed by atoms with Crippen molar-refractivity contribution in [3.63, 3.8) is 0 Å². The van der Waals surface area contributed by atoms with Gasteiger partial charge in [-0.3, -0.25) is 0 Å². The van der Waals surface area contributed by atoms with E-state index in [9.17, 15) is 0 Å². The van der Waals surface area contributed by atoms with E-state index in [2.05, 4.69) is 6.92 Å². The van der Waals surface area contributed by atoms with Crippen molar-refractivity contribution >= 4 is 0 Å². The summed E-state index contributed by atoms with van der Waals surface area (Å²) in [6.07, 6.45) is 21.6. The van der Waals surface area contributed by atoms with Gasteiger partial charge in [-0.25, -0.2) is 0 Å². The van der Waals surface area contributed by atoms with Gasteiger partial charge in [0.2, 0.25) is 0 Å². The molecule has 0 aromatic carbocycles. The molecular weight excluding hydrogens is 320 g/mol. The zero-order valence-corrected chi connectivity index (χ0v) is 17.2. The second-order valence-corrected chi connectivity index (χ2v) is 10.1. The third-order valence-electron chi connectivity index (χ3n) is 8.29. The van der Waals surface area contributed by atoms with Crippen molar-refractivity contribution in [1.82, 2.24) is 0 Å². The molecule has 0 N–H and O–H groups in total. The molecule has 0 radical (unpaired) electrons. The van der Waals surface area contributed by atoms with Gasteiger partial charge < -0.3 is 9.47 Å². The van der Waals surface area contributed by atoms with Gasteiger partial charge in [-0.15, -0.1) is 0 Å². The van der Waals surface area contributed by atoms with Crippen LogP contribution in [0.5, 0.6) is 0 Å². The largest absolute Gasteiger partial charge is 0.378 e. The molecule has 2 heteroatoms. The molecule has 2 aliphatic carbocycles. The van der Waals surface area contributed by atoms with Gasteiger partial charge >= 0.3 is 0 Å². The first-order chi connectivity index (χ1) is 12.8. The van der Waals surface area contributed by atoms with E-state index in [1.165, 1.54) is 89.9 Å². The molecule has 2 aliphatic heterocycles. The molecule has 4 rings (SSSR count). The van der Waals surface area contributed by atoms with Crippen LogP contribution in [0.4, 0.5) is 0 Å². The Balaban J connectivity index is 1.09. The average molecular weight is 363 g/mol. The van der Waals surface area contributed by atoms with E-state index in [4.69, 9.17) is 9.47 Å². The summed E-state index contributed by atoms with van der Waals surface area (Å²) < 4.78 is 11.7. The Bertz CT molecular complexity index is 394. The minimum absolute atomic E-state index is 0.545. The molecule has 3 unspecified atom stereocenters. The highest BCUT2D eigenvalue weighted by atomic mass is 16.6. The normalized spacial score (nSPS) is 44.0. The highest BCUT2D eigenvalue weighted by Gasteiger charge is 2.38. The van der Waals surface area contributed by atoms with Gasteiger partial charge in [0, 0.05) is 5.92 Å². The first kappa shape index (κ1) is 19.2. The molecule has 26 heavy (non-hydrogen) atoms. The molecule has 0 aromatic heterocycles. The quantitative estimate of drug-likeness (QED) is 0.491. The zero-order chi connectivity index (χ0) is 17.8. The molecule has 0 amide bonds. The SMILES string of the molecule is CCCC1CCC(CCC2CCC(C3CCC(C4CO4)CO3)CC2)CC1. The van der Waals surface area contributed by atoms with E-state index < -0.39 is 0 Å². The van der Waals surface area contributed by atoms with Crippen LogP contribution in [0.15, 0.2) is 0 Å². The van der Waals surface area contributed by atoms with Crippen LogP contribution in [0.1, 0.15) is 96.8 Å². The maximum atomic E-state index is 6.27. The third-order valence-corrected chi connectivity index (χ3v) is 8.29. The number of ether oxygens (including phenoxy) is 2. The van der Waals surface area contributed by atoms with Gasteiger partial charge in [0.1, 0.15) is 0 Å². The number of rotatable bonds is 7. The summed E-state index contributed by atoms with van der Waals surface area (Å²) in [5, 5.41) is 0. The van der Waals surface area contributed by atoms with Crippen molar-refractivity contribution in [3.05, 3.63) is 0 Å². The topological polar surface area (TPSA) is 21.8 Å². The minimum Gasteiger partial charge on any atom is -0.378 e. The van der Waals surface area contributed by atoms with Crippen molar-refractivity contribution in [1.29, 1.82) is 0 Å². The fraction of sp³-hybridized carbons (Fsp3) is 1.00. The first-order valence-corrected chi connectivity index (χ1v) is 12.0. The maximum absolute atomic E-state index is 6.27. The molecule has 2 saturated carbocycles. The molecule has 4 aliphatic rings. The fourth-order valence-corrected chi connectivity index (χ4v) is 6.32.